The highest BCUT2D eigenvalue weighted by Crippen LogP contribution is 2.12. The molecule has 1 aliphatic heterocycles. The molecule has 1 heteroatoms. The van der Waals surface area contributed by atoms with Gasteiger partial charge in [-0.25, -0.2) is 0 Å². The predicted octanol–water partition coefficient (Wildman–Crippen LogP) is 2.12. The maximum atomic E-state index is 2.22. The molecule has 0 fully saturated rings. The van der Waals surface area contributed by atoms with Crippen LogP contribution in [0.4, 0.5) is 0 Å². The van der Waals surface area contributed by atoms with Gasteiger partial charge in [-0.05, 0) is 6.92 Å². The minimum absolute atomic E-state index is 1.39. The van der Waals surface area contributed by atoms with Crippen LogP contribution >= 0.6 is 0 Å². The van der Waals surface area contributed by atoms with Crippen molar-refractivity contribution in [3.05, 3.63) is 22.6 Å². The molecule has 48 valence electrons. The second-order valence-electron chi connectivity index (χ2n) is 2.16. The van der Waals surface area contributed by atoms with Gasteiger partial charge in [0.2, 0.25) is 21.1 Å². The summed E-state index contributed by atoms with van der Waals surface area (Å²) in [6.07, 6.45) is 4.37. The van der Waals surface area contributed by atoms with Crippen LogP contribution in [-0.4, -0.2) is 4.86 Å². The van der Waals surface area contributed by atoms with Gasteiger partial charge in [0, 0.05) is 25.5 Å². The fourth-order valence-corrected chi connectivity index (χ4v) is 1.90. The van der Waals surface area contributed by atoms with Crippen LogP contribution in [0.15, 0.2) is 22.6 Å². The Kier molecular flexibility index (Phi) is 1.81. The van der Waals surface area contributed by atoms with Gasteiger partial charge >= 0.3 is 0 Å². The van der Waals surface area contributed by atoms with Gasteiger partial charge in [-0.3, -0.25) is 0 Å². The molecule has 0 unspecified atom stereocenters. The molecule has 0 aliphatic carbocycles. The Hall–Kier alpha value is -0.430. The van der Waals surface area contributed by atoms with Crippen LogP contribution in [-0.2, 0) is 11.4 Å². The predicted molar refractivity (Wildman–Crippen MR) is 45.6 cm³/mol. The zero-order valence-electron chi connectivity index (χ0n) is 6.06. The average Bonchev–Trinajstić information content (AvgIpc) is 2.10. The first kappa shape index (κ1) is 6.69. The zero-order chi connectivity index (χ0) is 6.85. The standard InChI is InChI=1S/C8H11S/c1-4-8-5-6(2)9-7(8)3/h4-5H,1-3H3/q+1/b8-4-. The van der Waals surface area contributed by atoms with Crippen molar-refractivity contribution in [3.8, 4) is 0 Å². The summed E-state index contributed by atoms with van der Waals surface area (Å²) in [7, 11) is 0. The summed E-state index contributed by atoms with van der Waals surface area (Å²) >= 11 is 1.86. The highest BCUT2D eigenvalue weighted by Gasteiger charge is 2.18. The number of allylic oxidation sites excluding steroid dienone is 4. The molecule has 0 aromatic carbocycles. The van der Waals surface area contributed by atoms with Gasteiger partial charge in [-0.1, -0.05) is 6.08 Å². The molecular formula is C8H11S+. The van der Waals surface area contributed by atoms with Crippen LogP contribution in [0.2, 0.25) is 0 Å². The molecule has 0 amide bonds. The average molecular weight is 139 g/mol. The van der Waals surface area contributed by atoms with Crippen LogP contribution in [0.5, 0.6) is 0 Å². The molecule has 0 radical (unpaired) electrons. The molecule has 0 nitrogen and oxygen atoms in total. The lowest BCUT2D eigenvalue weighted by Crippen LogP contribution is -1.88. The second-order valence-corrected chi connectivity index (χ2v) is 3.62. The minimum atomic E-state index is 1.39. The van der Waals surface area contributed by atoms with E-state index >= 15 is 0 Å². The molecule has 0 bridgehead atoms. The van der Waals surface area contributed by atoms with Crippen molar-refractivity contribution < 1.29 is 0 Å². The van der Waals surface area contributed by atoms with Crippen molar-refractivity contribution in [2.45, 2.75) is 20.8 Å². The van der Waals surface area contributed by atoms with E-state index in [9.17, 15) is 0 Å². The number of hydrogen-bond acceptors (Lipinski definition) is 0. The van der Waals surface area contributed by atoms with Gasteiger partial charge in [0.05, 0.1) is 0 Å². The molecule has 0 aromatic rings. The van der Waals surface area contributed by atoms with E-state index in [0.717, 1.165) is 0 Å². The first-order chi connectivity index (χ1) is 4.24. The molecule has 1 heterocycles. The smallest absolute Gasteiger partial charge is 0.0749 e. The zero-order valence-corrected chi connectivity index (χ0v) is 6.88. The topological polar surface area (TPSA) is 0 Å². The number of hydrogen-bond donors (Lipinski definition) is 0. The lowest BCUT2D eigenvalue weighted by Gasteiger charge is -1.80. The third kappa shape index (κ3) is 1.28. The maximum absolute atomic E-state index is 2.22. The molecule has 1 aliphatic rings. The Bertz CT molecular complexity index is 207. The van der Waals surface area contributed by atoms with Crippen molar-refractivity contribution >= 4 is 16.2 Å². The molecular weight excluding hydrogens is 128 g/mol. The van der Waals surface area contributed by atoms with Crippen LogP contribution in [0.3, 0.4) is 0 Å². The van der Waals surface area contributed by atoms with E-state index in [-0.39, 0.29) is 0 Å². The van der Waals surface area contributed by atoms with E-state index in [1.54, 1.807) is 0 Å². The summed E-state index contributed by atoms with van der Waals surface area (Å²) in [5.74, 6) is 0. The Morgan fingerprint density at radius 1 is 1.44 bits per heavy atom. The van der Waals surface area contributed by atoms with Gasteiger partial charge in [0.1, 0.15) is 0 Å². The highest BCUT2D eigenvalue weighted by atomic mass is 32.1. The Morgan fingerprint density at radius 3 is 2.33 bits per heavy atom. The lowest BCUT2D eigenvalue weighted by molar-refractivity contribution is 1.61. The summed E-state index contributed by atoms with van der Waals surface area (Å²) in [5, 5.41) is 0. The summed E-state index contributed by atoms with van der Waals surface area (Å²) in [6.45, 7) is 6.38. The summed E-state index contributed by atoms with van der Waals surface area (Å²) in [4.78, 5) is 2.83. The largest absolute Gasteiger partial charge is 0.218 e. The summed E-state index contributed by atoms with van der Waals surface area (Å²) in [6, 6.07) is 0. The van der Waals surface area contributed by atoms with E-state index in [1.807, 2.05) is 11.4 Å². The van der Waals surface area contributed by atoms with Crippen LogP contribution < -0.4 is 0 Å². The fraction of sp³-hybridized carbons (Fsp3) is 0.375. The van der Waals surface area contributed by atoms with E-state index in [2.05, 4.69) is 32.9 Å². The molecule has 0 saturated heterocycles. The van der Waals surface area contributed by atoms with Gasteiger partial charge in [-0.2, -0.15) is 0 Å². The molecule has 0 atom stereocenters. The SMILES string of the molecule is C/C=C1/C=C(C)[S+]=C1C. The lowest BCUT2D eigenvalue weighted by atomic mass is 10.2. The van der Waals surface area contributed by atoms with Gasteiger partial charge in [-0.15, -0.1) is 0 Å². The van der Waals surface area contributed by atoms with Crippen LogP contribution in [0, 0.1) is 0 Å². The third-order valence-electron chi connectivity index (χ3n) is 1.39. The quantitative estimate of drug-likeness (QED) is 0.274. The van der Waals surface area contributed by atoms with E-state index in [0.29, 0.717) is 0 Å². The maximum Gasteiger partial charge on any atom is 0.218 e. The van der Waals surface area contributed by atoms with Gasteiger partial charge < -0.3 is 0 Å². The summed E-state index contributed by atoms with van der Waals surface area (Å²) < 4.78 is 0. The molecule has 0 N–H and O–H groups in total. The van der Waals surface area contributed by atoms with Crippen molar-refractivity contribution in [3.63, 3.8) is 0 Å². The van der Waals surface area contributed by atoms with E-state index in [1.165, 1.54) is 15.3 Å². The van der Waals surface area contributed by atoms with Crippen molar-refractivity contribution in [1.82, 2.24) is 0 Å². The fourth-order valence-electron chi connectivity index (χ4n) is 0.937. The number of rotatable bonds is 0. The van der Waals surface area contributed by atoms with Crippen molar-refractivity contribution in [2.75, 3.05) is 0 Å². The first-order valence-corrected chi connectivity index (χ1v) is 3.92. The normalized spacial score (nSPS) is 22.3. The van der Waals surface area contributed by atoms with Crippen LogP contribution in [0.1, 0.15) is 20.8 Å². The van der Waals surface area contributed by atoms with Gasteiger partial charge in [0.25, 0.3) is 0 Å². The molecule has 0 aromatic heterocycles. The Labute approximate surface area is 60.2 Å². The molecule has 0 saturated carbocycles. The second kappa shape index (κ2) is 2.44. The van der Waals surface area contributed by atoms with E-state index < -0.39 is 0 Å². The molecule has 1 rings (SSSR count). The minimum Gasteiger partial charge on any atom is -0.0749 e. The Balaban J connectivity index is 2.96. The van der Waals surface area contributed by atoms with E-state index in [4.69, 9.17) is 0 Å². The molecule has 9 heavy (non-hydrogen) atoms. The first-order valence-electron chi connectivity index (χ1n) is 3.10. The molecule has 0 spiro atoms. The monoisotopic (exact) mass is 139 g/mol. The third-order valence-corrected chi connectivity index (χ3v) is 2.37. The van der Waals surface area contributed by atoms with Crippen LogP contribution in [0.25, 0.3) is 0 Å². The Morgan fingerprint density at radius 2 is 2.11 bits per heavy atom. The van der Waals surface area contributed by atoms with Crippen molar-refractivity contribution in [2.24, 2.45) is 0 Å². The highest BCUT2D eigenvalue weighted by molar-refractivity contribution is 7.83. The van der Waals surface area contributed by atoms with Crippen molar-refractivity contribution in [1.29, 1.82) is 0 Å². The van der Waals surface area contributed by atoms with Gasteiger partial charge in [0.15, 0.2) is 0 Å². The summed E-state index contributed by atoms with van der Waals surface area (Å²) in [5.41, 5.74) is 1.39.